The average Bonchev–Trinajstić information content (AvgIpc) is 2.82. The third-order valence-corrected chi connectivity index (χ3v) is 5.91. The van der Waals surface area contributed by atoms with Crippen LogP contribution >= 0.6 is 0 Å². The highest BCUT2D eigenvalue weighted by molar-refractivity contribution is 5.47. The summed E-state index contributed by atoms with van der Waals surface area (Å²) in [4.78, 5) is 3.94. The van der Waals surface area contributed by atoms with E-state index in [0.29, 0.717) is 23.3 Å². The molecular formula is C25H19F10NO3. The standard InChI is InChI=1S/C25H19F10NO3/c1-13-12-36-9-8-15(13)10-18(16-4-7-19(38-21(26)27)20(11-16)39-22(28)29)14-2-5-17(6-3-14)23(37,24(30,31)32)25(33,34)35/h2-9,11-12,18,21-22,37H,10H2,1H3. The van der Waals surface area contributed by atoms with Gasteiger partial charge in [0.1, 0.15) is 0 Å². The molecule has 3 aromatic rings. The molecule has 0 fully saturated rings. The predicted octanol–water partition coefficient (Wildman–Crippen LogP) is 7.28. The van der Waals surface area contributed by atoms with Crippen molar-refractivity contribution in [3.05, 3.63) is 88.7 Å². The first-order chi connectivity index (χ1) is 18.0. The summed E-state index contributed by atoms with van der Waals surface area (Å²) in [5.41, 5.74) is -5.10. The lowest BCUT2D eigenvalue weighted by Gasteiger charge is -2.33. The van der Waals surface area contributed by atoms with Crippen molar-refractivity contribution in [3.63, 3.8) is 0 Å². The van der Waals surface area contributed by atoms with Crippen LogP contribution in [0.25, 0.3) is 0 Å². The summed E-state index contributed by atoms with van der Waals surface area (Å²) in [7, 11) is 0. The molecule has 2 aromatic carbocycles. The first-order valence-electron chi connectivity index (χ1n) is 10.9. The van der Waals surface area contributed by atoms with Crippen LogP contribution in [0.5, 0.6) is 11.5 Å². The van der Waals surface area contributed by atoms with Gasteiger partial charge in [0.15, 0.2) is 11.5 Å². The molecule has 39 heavy (non-hydrogen) atoms. The van der Waals surface area contributed by atoms with E-state index >= 15 is 0 Å². The minimum atomic E-state index is -6.09. The van der Waals surface area contributed by atoms with E-state index in [2.05, 4.69) is 14.5 Å². The Labute approximate surface area is 214 Å². The van der Waals surface area contributed by atoms with E-state index in [9.17, 15) is 49.0 Å². The minimum absolute atomic E-state index is 0.0413. The molecular weight excluding hydrogens is 552 g/mol. The second-order valence-electron chi connectivity index (χ2n) is 8.35. The lowest BCUT2D eigenvalue weighted by Crippen LogP contribution is -2.53. The van der Waals surface area contributed by atoms with Gasteiger partial charge < -0.3 is 14.6 Å². The molecule has 0 bridgehead atoms. The Kier molecular flexibility index (Phi) is 8.68. The van der Waals surface area contributed by atoms with Gasteiger partial charge in [-0.3, -0.25) is 4.98 Å². The molecule has 1 unspecified atom stereocenters. The van der Waals surface area contributed by atoms with Crippen molar-refractivity contribution in [3.8, 4) is 11.5 Å². The van der Waals surface area contributed by atoms with Crippen LogP contribution in [0.3, 0.4) is 0 Å². The third-order valence-electron chi connectivity index (χ3n) is 5.91. The molecule has 0 aliphatic carbocycles. The van der Waals surface area contributed by atoms with Gasteiger partial charge in [-0.15, -0.1) is 0 Å². The van der Waals surface area contributed by atoms with Crippen molar-refractivity contribution in [1.29, 1.82) is 0 Å². The lowest BCUT2D eigenvalue weighted by atomic mass is 9.83. The Hall–Kier alpha value is -3.55. The maximum atomic E-state index is 13.3. The zero-order valence-electron chi connectivity index (χ0n) is 19.7. The molecule has 14 heteroatoms. The van der Waals surface area contributed by atoms with E-state index in [1.54, 1.807) is 13.0 Å². The maximum Gasteiger partial charge on any atom is 0.430 e. The van der Waals surface area contributed by atoms with Crippen LogP contribution in [0.2, 0.25) is 0 Å². The molecule has 4 nitrogen and oxygen atoms in total. The molecule has 1 atom stereocenters. The fourth-order valence-electron chi connectivity index (χ4n) is 3.95. The van der Waals surface area contributed by atoms with Crippen LogP contribution in [0.15, 0.2) is 60.9 Å². The number of pyridine rings is 1. The molecule has 0 aliphatic rings. The van der Waals surface area contributed by atoms with E-state index in [1.165, 1.54) is 18.5 Å². The topological polar surface area (TPSA) is 51.6 Å². The molecule has 0 amide bonds. The second-order valence-corrected chi connectivity index (χ2v) is 8.35. The largest absolute Gasteiger partial charge is 0.431 e. The predicted molar refractivity (Wildman–Crippen MR) is 117 cm³/mol. The van der Waals surface area contributed by atoms with Crippen LogP contribution in [0, 0.1) is 6.92 Å². The van der Waals surface area contributed by atoms with Gasteiger partial charge in [-0.25, -0.2) is 0 Å². The van der Waals surface area contributed by atoms with Gasteiger partial charge in [-0.1, -0.05) is 30.3 Å². The van der Waals surface area contributed by atoms with E-state index in [4.69, 9.17) is 0 Å². The molecule has 212 valence electrons. The van der Waals surface area contributed by atoms with Crippen molar-refractivity contribution in [1.82, 2.24) is 4.98 Å². The number of aromatic nitrogens is 1. The second kappa shape index (κ2) is 11.3. The number of halogens is 10. The van der Waals surface area contributed by atoms with Gasteiger partial charge in [0.05, 0.1) is 0 Å². The summed E-state index contributed by atoms with van der Waals surface area (Å²) in [6, 6.07) is 7.42. The zero-order valence-corrected chi connectivity index (χ0v) is 19.7. The first-order valence-corrected chi connectivity index (χ1v) is 10.9. The van der Waals surface area contributed by atoms with Crippen LogP contribution in [0.1, 0.15) is 33.7 Å². The monoisotopic (exact) mass is 571 g/mol. The van der Waals surface area contributed by atoms with Gasteiger partial charge in [0, 0.05) is 23.9 Å². The van der Waals surface area contributed by atoms with E-state index in [0.717, 1.165) is 24.3 Å². The Balaban J connectivity index is 2.14. The van der Waals surface area contributed by atoms with E-state index in [1.807, 2.05) is 0 Å². The molecule has 1 heterocycles. The molecule has 1 N–H and O–H groups in total. The lowest BCUT2D eigenvalue weighted by molar-refractivity contribution is -0.376. The van der Waals surface area contributed by atoms with Crippen molar-refractivity contribution in [2.75, 3.05) is 0 Å². The van der Waals surface area contributed by atoms with Gasteiger partial charge in [0.2, 0.25) is 0 Å². The number of rotatable bonds is 9. The summed E-state index contributed by atoms with van der Waals surface area (Å²) in [6.07, 6.45) is -9.22. The Bertz CT molecular complexity index is 1250. The quantitative estimate of drug-likeness (QED) is 0.275. The summed E-state index contributed by atoms with van der Waals surface area (Å²) < 4.78 is 140. The summed E-state index contributed by atoms with van der Waals surface area (Å²) in [5.74, 6) is -2.39. The molecule has 1 aromatic heterocycles. The number of hydrogen-bond donors (Lipinski definition) is 1. The summed E-state index contributed by atoms with van der Waals surface area (Å²) in [6.45, 7) is -5.12. The Morgan fingerprint density at radius 1 is 0.769 bits per heavy atom. The maximum absolute atomic E-state index is 13.3. The number of ether oxygens (including phenoxy) is 2. The molecule has 3 rings (SSSR count). The number of hydrogen-bond acceptors (Lipinski definition) is 4. The highest BCUT2D eigenvalue weighted by Crippen LogP contribution is 2.50. The average molecular weight is 571 g/mol. The van der Waals surface area contributed by atoms with Crippen molar-refractivity contribution >= 4 is 0 Å². The zero-order chi connectivity index (χ0) is 29.2. The highest BCUT2D eigenvalue weighted by Gasteiger charge is 2.71. The van der Waals surface area contributed by atoms with Gasteiger partial charge in [-0.2, -0.15) is 43.9 Å². The van der Waals surface area contributed by atoms with Crippen molar-refractivity contribution in [2.45, 2.75) is 50.4 Å². The normalized spacial score (nSPS) is 13.6. The molecule has 0 saturated carbocycles. The van der Waals surface area contributed by atoms with Crippen LogP contribution in [-0.4, -0.2) is 35.7 Å². The molecule has 0 radical (unpaired) electrons. The molecule has 0 saturated heterocycles. The third kappa shape index (κ3) is 6.54. The van der Waals surface area contributed by atoms with E-state index < -0.39 is 54.2 Å². The minimum Gasteiger partial charge on any atom is -0.431 e. The fourth-order valence-corrected chi connectivity index (χ4v) is 3.95. The highest BCUT2D eigenvalue weighted by atomic mass is 19.4. The number of benzene rings is 2. The SMILES string of the molecule is Cc1cnccc1CC(c1ccc(C(O)(C(F)(F)F)C(F)(F)F)cc1)c1ccc(OC(F)F)c(OC(F)F)c1. The summed E-state index contributed by atoms with van der Waals surface area (Å²) in [5, 5.41) is 9.68. The van der Waals surface area contributed by atoms with Gasteiger partial charge in [-0.05, 0) is 53.8 Å². The number of aryl methyl sites for hydroxylation is 1. The fraction of sp³-hybridized carbons (Fsp3) is 0.320. The van der Waals surface area contributed by atoms with Gasteiger partial charge in [0.25, 0.3) is 5.60 Å². The summed E-state index contributed by atoms with van der Waals surface area (Å²) >= 11 is 0. The van der Waals surface area contributed by atoms with Crippen LogP contribution in [-0.2, 0) is 12.0 Å². The van der Waals surface area contributed by atoms with E-state index in [-0.39, 0.29) is 17.5 Å². The van der Waals surface area contributed by atoms with Gasteiger partial charge >= 0.3 is 25.6 Å². The van der Waals surface area contributed by atoms with Crippen LogP contribution in [0.4, 0.5) is 43.9 Å². The number of alkyl halides is 10. The Morgan fingerprint density at radius 2 is 1.31 bits per heavy atom. The molecule has 0 spiro atoms. The van der Waals surface area contributed by atoms with Crippen molar-refractivity contribution < 1.29 is 58.5 Å². The first kappa shape index (κ1) is 30.0. The molecule has 0 aliphatic heterocycles. The smallest absolute Gasteiger partial charge is 0.430 e. The number of aliphatic hydroxyl groups is 1. The van der Waals surface area contributed by atoms with Crippen LogP contribution < -0.4 is 9.47 Å². The Morgan fingerprint density at radius 3 is 1.82 bits per heavy atom. The van der Waals surface area contributed by atoms with Crippen molar-refractivity contribution in [2.24, 2.45) is 0 Å². The number of nitrogens with zero attached hydrogens (tertiary/aromatic N) is 1.